The van der Waals surface area contributed by atoms with Gasteiger partial charge in [-0.25, -0.2) is 0 Å². The van der Waals surface area contributed by atoms with E-state index in [0.717, 1.165) is 12.8 Å². The van der Waals surface area contributed by atoms with Crippen LogP contribution in [0.15, 0.2) is 12.2 Å². The molecule has 1 rings (SSSR count). The molecule has 0 amide bonds. The van der Waals surface area contributed by atoms with Crippen molar-refractivity contribution in [2.45, 2.75) is 30.7 Å². The second kappa shape index (κ2) is 3.90. The van der Waals surface area contributed by atoms with Gasteiger partial charge in [0.05, 0.1) is 4.83 Å². The van der Waals surface area contributed by atoms with Crippen molar-refractivity contribution in [1.82, 2.24) is 0 Å². The highest BCUT2D eigenvalue weighted by Gasteiger charge is 2.20. The maximum Gasteiger partial charge on any atom is 0.303 e. The van der Waals surface area contributed by atoms with Gasteiger partial charge in [0.25, 0.3) is 0 Å². The van der Waals surface area contributed by atoms with E-state index in [4.69, 9.17) is 4.74 Å². The Bertz CT molecular complexity index is 177. The summed E-state index contributed by atoms with van der Waals surface area (Å²) in [5.41, 5.74) is 0. The monoisotopic (exact) mass is 218 g/mol. The Kier molecular flexibility index (Phi) is 3.12. The number of hydrogen-bond donors (Lipinski definition) is 0. The molecule has 0 aliphatic heterocycles. The molecule has 0 bridgehead atoms. The van der Waals surface area contributed by atoms with Crippen molar-refractivity contribution >= 4 is 21.9 Å². The third kappa shape index (κ3) is 2.66. The van der Waals surface area contributed by atoms with E-state index in [2.05, 4.69) is 15.9 Å². The highest BCUT2D eigenvalue weighted by Crippen LogP contribution is 2.21. The molecule has 0 aromatic rings. The minimum atomic E-state index is -0.217. The predicted octanol–water partition coefficient (Wildman–Crippen LogP) is 2.03. The van der Waals surface area contributed by atoms with E-state index in [9.17, 15) is 4.79 Å². The molecule has 3 heteroatoms. The number of esters is 1. The van der Waals surface area contributed by atoms with Gasteiger partial charge in [-0.05, 0) is 18.9 Å². The van der Waals surface area contributed by atoms with Gasteiger partial charge in [0, 0.05) is 6.92 Å². The first kappa shape index (κ1) is 8.78. The molecular formula is C8H11BrO2. The third-order valence-electron chi connectivity index (χ3n) is 1.59. The van der Waals surface area contributed by atoms with Crippen LogP contribution in [-0.4, -0.2) is 16.9 Å². The van der Waals surface area contributed by atoms with Crippen LogP contribution in [0, 0.1) is 0 Å². The van der Waals surface area contributed by atoms with Crippen LogP contribution in [-0.2, 0) is 9.53 Å². The summed E-state index contributed by atoms with van der Waals surface area (Å²) in [6, 6.07) is 0. The zero-order chi connectivity index (χ0) is 8.27. The number of carbonyl (C=O) groups is 1. The van der Waals surface area contributed by atoms with E-state index in [-0.39, 0.29) is 16.9 Å². The molecule has 0 aromatic carbocycles. The second-order valence-corrected chi connectivity index (χ2v) is 3.77. The van der Waals surface area contributed by atoms with E-state index >= 15 is 0 Å². The summed E-state index contributed by atoms with van der Waals surface area (Å²) < 4.78 is 5.03. The topological polar surface area (TPSA) is 26.3 Å². The fourth-order valence-corrected chi connectivity index (χ4v) is 1.62. The molecule has 62 valence electrons. The summed E-state index contributed by atoms with van der Waals surface area (Å²) in [6.45, 7) is 1.43. The van der Waals surface area contributed by atoms with Gasteiger partial charge in [0.15, 0.2) is 0 Å². The predicted molar refractivity (Wildman–Crippen MR) is 46.6 cm³/mol. The lowest BCUT2D eigenvalue weighted by atomic mass is 10.1. The average molecular weight is 219 g/mol. The summed E-state index contributed by atoms with van der Waals surface area (Å²) in [5.74, 6) is -0.217. The van der Waals surface area contributed by atoms with Crippen molar-refractivity contribution in [3.05, 3.63) is 12.2 Å². The fourth-order valence-electron chi connectivity index (χ4n) is 1.08. The van der Waals surface area contributed by atoms with E-state index in [0.29, 0.717) is 0 Å². The van der Waals surface area contributed by atoms with Crippen LogP contribution in [0.25, 0.3) is 0 Å². The standard InChI is InChI=1S/C8H11BrO2/c1-6(10)11-8-5-3-2-4-7(8)9/h3,5,7-8H,2,4H2,1H3. The van der Waals surface area contributed by atoms with Gasteiger partial charge in [-0.2, -0.15) is 0 Å². The first-order chi connectivity index (χ1) is 5.20. The van der Waals surface area contributed by atoms with E-state index in [1.54, 1.807) is 0 Å². The van der Waals surface area contributed by atoms with Gasteiger partial charge in [-0.15, -0.1) is 0 Å². The minimum absolute atomic E-state index is 0.0683. The van der Waals surface area contributed by atoms with Gasteiger partial charge in [0.2, 0.25) is 0 Å². The fraction of sp³-hybridized carbons (Fsp3) is 0.625. The van der Waals surface area contributed by atoms with Crippen molar-refractivity contribution < 1.29 is 9.53 Å². The number of allylic oxidation sites excluding steroid dienone is 1. The lowest BCUT2D eigenvalue weighted by Crippen LogP contribution is -2.26. The van der Waals surface area contributed by atoms with Crippen molar-refractivity contribution in [2.75, 3.05) is 0 Å². The van der Waals surface area contributed by atoms with Gasteiger partial charge >= 0.3 is 5.97 Å². The number of alkyl halides is 1. The summed E-state index contributed by atoms with van der Waals surface area (Å²) in [7, 11) is 0. The van der Waals surface area contributed by atoms with Crippen LogP contribution in [0.5, 0.6) is 0 Å². The Balaban J connectivity index is 2.48. The molecule has 0 fully saturated rings. The number of hydrogen-bond acceptors (Lipinski definition) is 2. The third-order valence-corrected chi connectivity index (χ3v) is 2.57. The molecule has 0 radical (unpaired) electrons. The van der Waals surface area contributed by atoms with Gasteiger partial charge < -0.3 is 4.74 Å². The molecule has 2 nitrogen and oxygen atoms in total. The Morgan fingerprint density at radius 1 is 1.73 bits per heavy atom. The number of halogens is 1. The van der Waals surface area contributed by atoms with Gasteiger partial charge in [-0.1, -0.05) is 22.0 Å². The Hall–Kier alpha value is -0.310. The Morgan fingerprint density at radius 2 is 2.45 bits per heavy atom. The molecule has 1 aliphatic carbocycles. The quantitative estimate of drug-likeness (QED) is 0.383. The largest absolute Gasteiger partial charge is 0.457 e. The van der Waals surface area contributed by atoms with Crippen LogP contribution in [0.2, 0.25) is 0 Å². The van der Waals surface area contributed by atoms with Crippen LogP contribution < -0.4 is 0 Å². The molecule has 2 unspecified atom stereocenters. The maximum absolute atomic E-state index is 10.6. The first-order valence-corrected chi connectivity index (χ1v) is 4.59. The van der Waals surface area contributed by atoms with Gasteiger partial charge in [0.1, 0.15) is 6.10 Å². The maximum atomic E-state index is 10.6. The zero-order valence-corrected chi connectivity index (χ0v) is 8.00. The van der Waals surface area contributed by atoms with E-state index in [1.807, 2.05) is 12.2 Å². The van der Waals surface area contributed by atoms with Crippen LogP contribution in [0.3, 0.4) is 0 Å². The smallest absolute Gasteiger partial charge is 0.303 e. The molecule has 0 spiro atoms. The Morgan fingerprint density at radius 3 is 3.00 bits per heavy atom. The van der Waals surface area contributed by atoms with Crippen molar-refractivity contribution in [3.63, 3.8) is 0 Å². The first-order valence-electron chi connectivity index (χ1n) is 3.68. The number of rotatable bonds is 1. The van der Waals surface area contributed by atoms with Crippen molar-refractivity contribution in [3.8, 4) is 0 Å². The molecule has 0 aromatic heterocycles. The highest BCUT2D eigenvalue weighted by atomic mass is 79.9. The van der Waals surface area contributed by atoms with Crippen molar-refractivity contribution in [1.29, 1.82) is 0 Å². The van der Waals surface area contributed by atoms with Crippen LogP contribution in [0.1, 0.15) is 19.8 Å². The normalized spacial score (nSPS) is 30.0. The molecule has 2 atom stereocenters. The molecule has 0 heterocycles. The van der Waals surface area contributed by atoms with Crippen LogP contribution in [0.4, 0.5) is 0 Å². The molecule has 0 saturated carbocycles. The number of ether oxygens (including phenoxy) is 1. The summed E-state index contributed by atoms with van der Waals surface area (Å²) in [4.78, 5) is 10.9. The van der Waals surface area contributed by atoms with E-state index in [1.165, 1.54) is 6.92 Å². The minimum Gasteiger partial charge on any atom is -0.457 e. The Labute approximate surface area is 74.7 Å². The van der Waals surface area contributed by atoms with Crippen molar-refractivity contribution in [2.24, 2.45) is 0 Å². The average Bonchev–Trinajstić information content (AvgIpc) is 1.93. The molecule has 1 aliphatic rings. The zero-order valence-electron chi connectivity index (χ0n) is 6.42. The molecule has 11 heavy (non-hydrogen) atoms. The van der Waals surface area contributed by atoms with Crippen LogP contribution >= 0.6 is 15.9 Å². The summed E-state index contributed by atoms with van der Waals surface area (Å²) >= 11 is 3.45. The summed E-state index contributed by atoms with van der Waals surface area (Å²) in [6.07, 6.45) is 6.01. The lowest BCUT2D eigenvalue weighted by molar-refractivity contribution is -0.144. The lowest BCUT2D eigenvalue weighted by Gasteiger charge is -2.21. The summed E-state index contributed by atoms with van der Waals surface area (Å²) in [5, 5.41) is 0. The molecule has 0 saturated heterocycles. The SMILES string of the molecule is CC(=O)OC1C=CCCC1Br. The van der Waals surface area contributed by atoms with Gasteiger partial charge in [-0.3, -0.25) is 4.79 Å². The molecule has 0 N–H and O–H groups in total. The second-order valence-electron chi connectivity index (χ2n) is 2.60. The molecular weight excluding hydrogens is 208 g/mol. The highest BCUT2D eigenvalue weighted by molar-refractivity contribution is 9.09. The number of carbonyl (C=O) groups excluding carboxylic acids is 1. The van der Waals surface area contributed by atoms with E-state index < -0.39 is 0 Å².